The predicted octanol–water partition coefficient (Wildman–Crippen LogP) is 4.40. The standard InChI is InChI=1S/C25H24N6/c26-23-15-22(24-25(28-23)30-31-29-24)21(18-7-2-1-3-8-18)13-14-27-16-19-11-6-10-17-9-4-5-12-20(17)19/h1-12,15,21,27H,13-14,16H2,(H3,26,28,29,30,31). The molecule has 3 aromatic carbocycles. The van der Waals surface area contributed by atoms with E-state index in [2.05, 4.69) is 92.4 Å². The second kappa shape index (κ2) is 8.53. The van der Waals surface area contributed by atoms with Gasteiger partial charge in [-0.1, -0.05) is 78.0 Å². The molecule has 5 rings (SSSR count). The Morgan fingerprint density at radius 2 is 1.74 bits per heavy atom. The summed E-state index contributed by atoms with van der Waals surface area (Å²) in [5.74, 6) is 0.609. The zero-order valence-electron chi connectivity index (χ0n) is 17.1. The summed E-state index contributed by atoms with van der Waals surface area (Å²) >= 11 is 0. The van der Waals surface area contributed by atoms with Crippen molar-refractivity contribution in [2.45, 2.75) is 18.9 Å². The molecule has 0 amide bonds. The molecular weight excluding hydrogens is 384 g/mol. The first kappa shape index (κ1) is 19.2. The molecule has 2 aromatic heterocycles. The van der Waals surface area contributed by atoms with Gasteiger partial charge in [-0.05, 0) is 46.5 Å². The maximum atomic E-state index is 6.08. The monoisotopic (exact) mass is 408 g/mol. The van der Waals surface area contributed by atoms with Crippen LogP contribution in [0.4, 0.5) is 5.82 Å². The number of nitrogens with zero attached hydrogens (tertiary/aromatic N) is 3. The van der Waals surface area contributed by atoms with Crippen LogP contribution in [0, 0.1) is 0 Å². The average Bonchev–Trinajstić information content (AvgIpc) is 3.28. The summed E-state index contributed by atoms with van der Waals surface area (Å²) in [4.78, 5) is 4.32. The van der Waals surface area contributed by atoms with Gasteiger partial charge in [0.1, 0.15) is 11.3 Å². The molecule has 6 heteroatoms. The summed E-state index contributed by atoms with van der Waals surface area (Å²) in [6.07, 6.45) is 0.903. The molecule has 0 fully saturated rings. The smallest absolute Gasteiger partial charge is 0.178 e. The number of nitrogen functional groups attached to an aromatic ring is 1. The van der Waals surface area contributed by atoms with Crippen LogP contribution >= 0.6 is 0 Å². The third kappa shape index (κ3) is 3.98. The Labute approximate surface area is 180 Å². The molecule has 4 N–H and O–H groups in total. The van der Waals surface area contributed by atoms with Crippen molar-refractivity contribution in [3.63, 3.8) is 0 Å². The van der Waals surface area contributed by atoms with Crippen LogP contribution in [0.25, 0.3) is 21.9 Å². The van der Waals surface area contributed by atoms with Crippen molar-refractivity contribution >= 4 is 27.8 Å². The highest BCUT2D eigenvalue weighted by Gasteiger charge is 2.20. The number of pyridine rings is 1. The van der Waals surface area contributed by atoms with Crippen molar-refractivity contribution in [3.8, 4) is 0 Å². The lowest BCUT2D eigenvalue weighted by Crippen LogP contribution is -2.18. The molecule has 0 aliphatic rings. The molecule has 2 heterocycles. The minimum Gasteiger partial charge on any atom is -0.384 e. The summed E-state index contributed by atoms with van der Waals surface area (Å²) in [6, 6.07) is 27.4. The number of nitrogens with two attached hydrogens (primary N) is 1. The Balaban J connectivity index is 1.38. The molecule has 0 aliphatic heterocycles. The van der Waals surface area contributed by atoms with E-state index < -0.39 is 0 Å². The average molecular weight is 409 g/mol. The van der Waals surface area contributed by atoms with E-state index in [1.165, 1.54) is 21.9 Å². The van der Waals surface area contributed by atoms with Gasteiger partial charge in [0, 0.05) is 12.5 Å². The number of fused-ring (bicyclic) bond motifs is 2. The first-order valence-electron chi connectivity index (χ1n) is 10.5. The molecular formula is C25H24N6. The number of aromatic amines is 1. The Morgan fingerprint density at radius 1 is 0.935 bits per heavy atom. The van der Waals surface area contributed by atoms with Crippen LogP contribution in [0.1, 0.15) is 29.0 Å². The van der Waals surface area contributed by atoms with Gasteiger partial charge in [-0.15, -0.1) is 5.10 Å². The molecule has 0 saturated carbocycles. The van der Waals surface area contributed by atoms with Crippen LogP contribution in [0.5, 0.6) is 0 Å². The molecule has 0 spiro atoms. The summed E-state index contributed by atoms with van der Waals surface area (Å²) in [5, 5.41) is 17.2. The zero-order valence-corrected chi connectivity index (χ0v) is 17.1. The molecule has 5 aromatic rings. The van der Waals surface area contributed by atoms with E-state index in [4.69, 9.17) is 5.73 Å². The highest BCUT2D eigenvalue weighted by Crippen LogP contribution is 2.32. The number of aromatic nitrogens is 4. The Hall–Kier alpha value is -3.77. The molecule has 0 bridgehead atoms. The fourth-order valence-electron chi connectivity index (χ4n) is 4.25. The summed E-state index contributed by atoms with van der Waals surface area (Å²) in [6.45, 7) is 1.67. The molecule has 154 valence electrons. The highest BCUT2D eigenvalue weighted by molar-refractivity contribution is 5.85. The first-order valence-corrected chi connectivity index (χ1v) is 10.5. The molecule has 1 unspecified atom stereocenters. The van der Waals surface area contributed by atoms with Gasteiger partial charge in [0.2, 0.25) is 0 Å². The summed E-state index contributed by atoms with van der Waals surface area (Å²) in [5.41, 5.74) is 11.1. The Morgan fingerprint density at radius 3 is 2.65 bits per heavy atom. The lowest BCUT2D eigenvalue weighted by atomic mass is 9.88. The maximum absolute atomic E-state index is 6.08. The van der Waals surface area contributed by atoms with Crippen LogP contribution in [-0.2, 0) is 6.54 Å². The van der Waals surface area contributed by atoms with Crippen LogP contribution < -0.4 is 11.1 Å². The van der Waals surface area contributed by atoms with Crippen molar-refractivity contribution in [2.24, 2.45) is 0 Å². The number of H-pyrrole nitrogens is 1. The quantitative estimate of drug-likeness (QED) is 0.347. The summed E-state index contributed by atoms with van der Waals surface area (Å²) < 4.78 is 0. The van der Waals surface area contributed by atoms with Crippen LogP contribution in [0.2, 0.25) is 0 Å². The number of anilines is 1. The SMILES string of the molecule is Nc1cc(C(CCNCc2cccc3ccccc23)c2ccccc2)c2nn[nH]c2n1. The second-order valence-corrected chi connectivity index (χ2v) is 7.71. The summed E-state index contributed by atoms with van der Waals surface area (Å²) in [7, 11) is 0. The van der Waals surface area contributed by atoms with Gasteiger partial charge in [-0.3, -0.25) is 0 Å². The van der Waals surface area contributed by atoms with Crippen molar-refractivity contribution < 1.29 is 0 Å². The minimum absolute atomic E-state index is 0.138. The van der Waals surface area contributed by atoms with E-state index in [-0.39, 0.29) is 5.92 Å². The number of hydrogen-bond acceptors (Lipinski definition) is 5. The minimum atomic E-state index is 0.138. The van der Waals surface area contributed by atoms with Gasteiger partial charge >= 0.3 is 0 Å². The van der Waals surface area contributed by atoms with Gasteiger partial charge in [0.05, 0.1) is 0 Å². The van der Waals surface area contributed by atoms with E-state index in [1.54, 1.807) is 0 Å². The number of benzene rings is 3. The lowest BCUT2D eigenvalue weighted by Gasteiger charge is -2.19. The topological polar surface area (TPSA) is 92.5 Å². The van der Waals surface area contributed by atoms with Gasteiger partial charge < -0.3 is 11.1 Å². The molecule has 0 saturated heterocycles. The highest BCUT2D eigenvalue weighted by atomic mass is 15.3. The van der Waals surface area contributed by atoms with Gasteiger partial charge in [0.25, 0.3) is 0 Å². The molecule has 0 radical (unpaired) electrons. The second-order valence-electron chi connectivity index (χ2n) is 7.71. The van der Waals surface area contributed by atoms with Crippen LogP contribution in [0.15, 0.2) is 78.9 Å². The number of nitrogens with one attached hydrogen (secondary N) is 2. The molecule has 1 atom stereocenters. The first-order chi connectivity index (χ1) is 15.3. The van der Waals surface area contributed by atoms with Crippen LogP contribution in [0.3, 0.4) is 0 Å². The molecule has 31 heavy (non-hydrogen) atoms. The van der Waals surface area contributed by atoms with E-state index >= 15 is 0 Å². The third-order valence-corrected chi connectivity index (χ3v) is 5.73. The van der Waals surface area contributed by atoms with Crippen molar-refractivity contribution in [1.29, 1.82) is 0 Å². The van der Waals surface area contributed by atoms with Crippen molar-refractivity contribution in [3.05, 3.63) is 95.6 Å². The maximum Gasteiger partial charge on any atom is 0.178 e. The fourth-order valence-corrected chi connectivity index (χ4v) is 4.25. The van der Waals surface area contributed by atoms with Crippen molar-refractivity contribution in [1.82, 2.24) is 25.7 Å². The Bertz CT molecular complexity index is 1310. The lowest BCUT2D eigenvalue weighted by molar-refractivity contribution is 0.614. The van der Waals surface area contributed by atoms with E-state index in [9.17, 15) is 0 Å². The van der Waals surface area contributed by atoms with Crippen molar-refractivity contribution in [2.75, 3.05) is 12.3 Å². The fraction of sp³-hybridized carbons (Fsp3) is 0.160. The van der Waals surface area contributed by atoms with Gasteiger partial charge in [-0.25, -0.2) is 10.1 Å². The number of hydrogen-bond donors (Lipinski definition) is 3. The normalized spacial score (nSPS) is 12.4. The van der Waals surface area contributed by atoms with E-state index in [1.807, 2.05) is 12.1 Å². The van der Waals surface area contributed by atoms with E-state index in [0.29, 0.717) is 11.5 Å². The van der Waals surface area contributed by atoms with Gasteiger partial charge in [0.15, 0.2) is 5.65 Å². The largest absolute Gasteiger partial charge is 0.384 e. The number of rotatable bonds is 7. The predicted molar refractivity (Wildman–Crippen MR) is 125 cm³/mol. The van der Waals surface area contributed by atoms with Gasteiger partial charge in [-0.2, -0.15) is 0 Å². The van der Waals surface area contributed by atoms with Crippen LogP contribution in [-0.4, -0.2) is 26.9 Å². The van der Waals surface area contributed by atoms with E-state index in [0.717, 1.165) is 30.6 Å². The third-order valence-electron chi connectivity index (χ3n) is 5.73. The molecule has 6 nitrogen and oxygen atoms in total. The molecule has 0 aliphatic carbocycles. The zero-order chi connectivity index (χ0) is 21.0. The Kier molecular flexibility index (Phi) is 5.29.